The molecule has 0 saturated heterocycles. The summed E-state index contributed by atoms with van der Waals surface area (Å²) in [4.78, 5) is 4.38. The van der Waals surface area contributed by atoms with Gasteiger partial charge < -0.3 is 0 Å². The Morgan fingerprint density at radius 3 is 1.33 bits per heavy atom. The van der Waals surface area contributed by atoms with Gasteiger partial charge in [0.15, 0.2) is 0 Å². The van der Waals surface area contributed by atoms with Crippen LogP contribution in [0.25, 0.3) is 0 Å². The summed E-state index contributed by atoms with van der Waals surface area (Å²) in [5.74, 6) is 0. The van der Waals surface area contributed by atoms with Crippen LogP contribution in [-0.2, 0) is 0 Å². The van der Waals surface area contributed by atoms with E-state index in [1.807, 2.05) is 12.5 Å². The molecule has 4 rings (SSSR count). The van der Waals surface area contributed by atoms with E-state index in [1.54, 1.807) is 0 Å². The van der Waals surface area contributed by atoms with Crippen molar-refractivity contribution >= 4 is 29.4 Å². The minimum absolute atomic E-state index is 1.42. The maximum atomic E-state index is 4.38. The van der Waals surface area contributed by atoms with Crippen molar-refractivity contribution in [2.24, 2.45) is 0 Å². The Kier molecular flexibility index (Phi) is 4.22. The molecule has 0 spiro atoms. The fourth-order valence-electron chi connectivity index (χ4n) is 3.44. The van der Waals surface area contributed by atoms with Crippen molar-refractivity contribution < 1.29 is 0 Å². The van der Waals surface area contributed by atoms with Crippen LogP contribution in [0.2, 0.25) is 0 Å². The van der Waals surface area contributed by atoms with E-state index < -0.39 is 18.7 Å². The molecule has 0 saturated carbocycles. The molecule has 2 nitrogen and oxygen atoms in total. The molecule has 0 aliphatic rings. The third-order valence-corrected chi connectivity index (χ3v) is 17.4. The van der Waals surface area contributed by atoms with Gasteiger partial charge in [-0.05, 0) is 0 Å². The average molecular weight is 417 g/mol. The van der Waals surface area contributed by atoms with Crippen molar-refractivity contribution in [1.82, 2.24) is 7.77 Å². The van der Waals surface area contributed by atoms with E-state index in [2.05, 4.69) is 105 Å². The second kappa shape index (κ2) is 6.65. The predicted octanol–water partition coefficient (Wildman–Crippen LogP) is 2.40. The Morgan fingerprint density at radius 1 is 0.583 bits per heavy atom. The molecule has 0 unspecified atom stereocenters. The van der Waals surface area contributed by atoms with Crippen molar-refractivity contribution in [3.8, 4) is 0 Å². The standard InChI is InChI=1S/3C6H5.C3H3N2.Sn/c3*1-2-4-6-5-3-1;1-2-5-3-4-1;/h3*1-5H;1-3H;/q;;;-1;+1. The average Bonchev–Trinajstić information content (AvgIpc) is 3.20. The molecule has 0 atom stereocenters. The molecule has 4 aromatic rings. The molecule has 0 amide bonds. The number of benzene rings is 3. The Hall–Kier alpha value is -2.33. The van der Waals surface area contributed by atoms with Crippen LogP contribution in [0.15, 0.2) is 110 Å². The first-order chi connectivity index (χ1) is 11.9. The van der Waals surface area contributed by atoms with Crippen LogP contribution in [-0.4, -0.2) is 26.4 Å². The quantitative estimate of drug-likeness (QED) is 0.467. The van der Waals surface area contributed by atoms with Gasteiger partial charge in [-0.3, -0.25) is 0 Å². The first kappa shape index (κ1) is 15.2. The summed E-state index contributed by atoms with van der Waals surface area (Å²) in [6.45, 7) is 0. The molecule has 1 aromatic heterocycles. The van der Waals surface area contributed by atoms with Crippen LogP contribution in [0.3, 0.4) is 0 Å². The summed E-state index contributed by atoms with van der Waals surface area (Å²) in [5.41, 5.74) is 0. The van der Waals surface area contributed by atoms with Crippen LogP contribution in [0, 0.1) is 0 Å². The van der Waals surface area contributed by atoms with Crippen LogP contribution >= 0.6 is 0 Å². The zero-order valence-electron chi connectivity index (χ0n) is 13.3. The molecule has 0 bridgehead atoms. The Morgan fingerprint density at radius 2 is 1.00 bits per heavy atom. The van der Waals surface area contributed by atoms with Gasteiger partial charge in [-0.2, -0.15) is 0 Å². The Labute approximate surface area is 146 Å². The van der Waals surface area contributed by atoms with Gasteiger partial charge in [0.1, 0.15) is 0 Å². The summed E-state index contributed by atoms with van der Waals surface area (Å²) in [6.07, 6.45) is 6.01. The van der Waals surface area contributed by atoms with Gasteiger partial charge in [0.25, 0.3) is 0 Å². The van der Waals surface area contributed by atoms with Crippen LogP contribution in [0.1, 0.15) is 0 Å². The zero-order chi connectivity index (χ0) is 16.2. The van der Waals surface area contributed by atoms with E-state index in [0.717, 1.165) is 0 Å². The first-order valence-electron chi connectivity index (χ1n) is 8.07. The van der Waals surface area contributed by atoms with Gasteiger partial charge in [-0.15, -0.1) is 0 Å². The minimum atomic E-state index is -3.39. The van der Waals surface area contributed by atoms with Crippen LogP contribution in [0.4, 0.5) is 0 Å². The molecule has 3 heteroatoms. The molecule has 1 heterocycles. The normalized spacial score (nSPS) is 11.3. The van der Waals surface area contributed by atoms with Crippen LogP contribution < -0.4 is 10.7 Å². The third kappa shape index (κ3) is 2.47. The fourth-order valence-corrected chi connectivity index (χ4v) is 16.1. The van der Waals surface area contributed by atoms with Crippen molar-refractivity contribution in [2.75, 3.05) is 0 Å². The van der Waals surface area contributed by atoms with E-state index >= 15 is 0 Å². The molecule has 0 aliphatic heterocycles. The Bertz CT molecular complexity index is 792. The monoisotopic (exact) mass is 418 g/mol. The molecule has 0 N–H and O–H groups in total. The topological polar surface area (TPSA) is 17.8 Å². The summed E-state index contributed by atoms with van der Waals surface area (Å²) in [5, 5.41) is 0. The van der Waals surface area contributed by atoms with Gasteiger partial charge in [-0.25, -0.2) is 0 Å². The molecular weight excluding hydrogens is 399 g/mol. The van der Waals surface area contributed by atoms with Gasteiger partial charge >= 0.3 is 147 Å². The number of rotatable bonds is 4. The number of imidazole rings is 1. The summed E-state index contributed by atoms with van der Waals surface area (Å²) >= 11 is -3.39. The van der Waals surface area contributed by atoms with E-state index in [1.165, 1.54) is 10.7 Å². The number of hydrogen-bond donors (Lipinski definition) is 0. The third-order valence-electron chi connectivity index (χ3n) is 4.47. The van der Waals surface area contributed by atoms with Crippen molar-refractivity contribution in [1.29, 1.82) is 0 Å². The summed E-state index contributed by atoms with van der Waals surface area (Å²) < 4.78 is 6.65. The van der Waals surface area contributed by atoms with Gasteiger partial charge in [0.05, 0.1) is 0 Å². The molecule has 116 valence electrons. The van der Waals surface area contributed by atoms with Gasteiger partial charge in [0, 0.05) is 0 Å². The number of nitrogens with zero attached hydrogens (tertiary/aromatic N) is 2. The zero-order valence-corrected chi connectivity index (χ0v) is 16.1. The summed E-state index contributed by atoms with van der Waals surface area (Å²) in [7, 11) is 0. The van der Waals surface area contributed by atoms with Crippen molar-refractivity contribution in [2.45, 2.75) is 0 Å². The second-order valence-corrected chi connectivity index (χ2v) is 16.3. The SMILES string of the molecule is c1cc[c]([Sn]([c]2ccccc2)([c]2ccccc2)[n]2ccnc2)cc1. The van der Waals surface area contributed by atoms with Crippen LogP contribution in [0.5, 0.6) is 0 Å². The maximum absolute atomic E-state index is 4.38. The van der Waals surface area contributed by atoms with Crippen molar-refractivity contribution in [3.63, 3.8) is 0 Å². The summed E-state index contributed by atoms with van der Waals surface area (Å²) in [6, 6.07) is 32.8. The second-order valence-electron chi connectivity index (χ2n) is 5.78. The van der Waals surface area contributed by atoms with E-state index in [4.69, 9.17) is 0 Å². The van der Waals surface area contributed by atoms with E-state index in [0.29, 0.717) is 0 Å². The fraction of sp³-hybridized carbons (Fsp3) is 0. The molecular formula is C21H18N2Sn. The molecule has 0 aliphatic carbocycles. The molecule has 0 radical (unpaired) electrons. The van der Waals surface area contributed by atoms with Gasteiger partial charge in [0.2, 0.25) is 0 Å². The molecule has 24 heavy (non-hydrogen) atoms. The van der Waals surface area contributed by atoms with E-state index in [9.17, 15) is 0 Å². The Balaban J connectivity index is 2.12. The number of aromatic nitrogens is 2. The van der Waals surface area contributed by atoms with E-state index in [-0.39, 0.29) is 0 Å². The van der Waals surface area contributed by atoms with Crippen molar-refractivity contribution in [3.05, 3.63) is 110 Å². The molecule has 3 aromatic carbocycles. The predicted molar refractivity (Wildman–Crippen MR) is 102 cm³/mol. The van der Waals surface area contributed by atoms with Gasteiger partial charge in [-0.1, -0.05) is 0 Å². The first-order valence-corrected chi connectivity index (χ1v) is 13.6. The number of hydrogen-bond acceptors (Lipinski definition) is 1. The molecule has 0 fully saturated rings.